The monoisotopic (exact) mass is 290 g/mol. The van der Waals surface area contributed by atoms with Crippen LogP contribution in [0, 0.1) is 0 Å². The molecule has 1 heterocycles. The lowest BCUT2D eigenvalue weighted by Crippen LogP contribution is -2.34. The lowest BCUT2D eigenvalue weighted by atomic mass is 10.2. The summed E-state index contributed by atoms with van der Waals surface area (Å²) in [4.78, 5) is 22.7. The van der Waals surface area contributed by atoms with Gasteiger partial charge in [-0.2, -0.15) is 0 Å². The summed E-state index contributed by atoms with van der Waals surface area (Å²) in [6.45, 7) is 4.08. The Labute approximate surface area is 122 Å². The van der Waals surface area contributed by atoms with Crippen LogP contribution in [0.3, 0.4) is 0 Å². The van der Waals surface area contributed by atoms with Crippen molar-refractivity contribution in [3.8, 4) is 5.75 Å². The number of nitrogens with one attached hydrogen (secondary N) is 2. The molecule has 0 spiro atoms. The molecule has 0 aliphatic carbocycles. The predicted molar refractivity (Wildman–Crippen MR) is 79.5 cm³/mol. The molecule has 0 radical (unpaired) electrons. The number of hydrogen-bond donors (Lipinski definition) is 2. The van der Waals surface area contributed by atoms with E-state index in [0.29, 0.717) is 17.9 Å². The molecule has 0 fully saturated rings. The van der Waals surface area contributed by atoms with E-state index in [1.165, 1.54) is 6.07 Å². The molecule has 0 saturated carbocycles. The summed E-state index contributed by atoms with van der Waals surface area (Å²) in [6, 6.07) is 8.15. The number of ether oxygens (including phenoxy) is 1. The Morgan fingerprint density at radius 2 is 2.05 bits per heavy atom. The van der Waals surface area contributed by atoms with Gasteiger partial charge in [-0.05, 0) is 24.7 Å². The van der Waals surface area contributed by atoms with Gasteiger partial charge in [-0.15, -0.1) is 0 Å². The molecule has 2 rings (SSSR count). The van der Waals surface area contributed by atoms with Crippen molar-refractivity contribution in [2.24, 2.45) is 0 Å². The van der Waals surface area contributed by atoms with Gasteiger partial charge in [0.2, 0.25) is 0 Å². The first-order chi connectivity index (χ1) is 10.2. The first kappa shape index (κ1) is 15.1. The Morgan fingerprint density at radius 1 is 1.24 bits per heavy atom. The summed E-state index contributed by atoms with van der Waals surface area (Å²) in [5, 5.41) is 6.64. The van der Waals surface area contributed by atoms with Crippen LogP contribution in [-0.4, -0.2) is 32.1 Å². The lowest BCUT2D eigenvalue weighted by molar-refractivity contribution is -0.123. The van der Waals surface area contributed by atoms with Crippen molar-refractivity contribution in [1.82, 2.24) is 10.6 Å². The number of likely N-dealkylation sites (N-methyl/N-ethyl adjacent to an activating group) is 1. The van der Waals surface area contributed by atoms with Gasteiger partial charge in [0, 0.05) is 30.6 Å². The van der Waals surface area contributed by atoms with Crippen molar-refractivity contribution in [3.05, 3.63) is 40.8 Å². The molecule has 0 aliphatic rings. The second-order valence-corrected chi connectivity index (χ2v) is 4.45. The van der Waals surface area contributed by atoms with Gasteiger partial charge < -0.3 is 19.8 Å². The fourth-order valence-corrected chi connectivity index (χ4v) is 1.80. The third kappa shape index (κ3) is 4.61. The van der Waals surface area contributed by atoms with Crippen molar-refractivity contribution in [1.29, 1.82) is 0 Å². The fourth-order valence-electron chi connectivity index (χ4n) is 1.80. The number of amides is 1. The van der Waals surface area contributed by atoms with Gasteiger partial charge in [0.1, 0.15) is 11.3 Å². The van der Waals surface area contributed by atoms with E-state index in [-0.39, 0.29) is 12.5 Å². The summed E-state index contributed by atoms with van der Waals surface area (Å²) in [5.41, 5.74) is 0.0216. The van der Waals surface area contributed by atoms with E-state index in [9.17, 15) is 9.59 Å². The molecule has 2 N–H and O–H groups in total. The average Bonchev–Trinajstić information content (AvgIpc) is 2.49. The van der Waals surface area contributed by atoms with Gasteiger partial charge in [-0.1, -0.05) is 6.92 Å². The van der Waals surface area contributed by atoms with Crippen LogP contribution < -0.4 is 21.0 Å². The number of carbonyl (C=O) groups is 1. The van der Waals surface area contributed by atoms with Crippen molar-refractivity contribution < 1.29 is 13.9 Å². The number of rotatable bonds is 7. The third-order valence-electron chi connectivity index (χ3n) is 2.84. The van der Waals surface area contributed by atoms with E-state index in [4.69, 9.17) is 9.15 Å². The smallest absolute Gasteiger partial charge is 0.336 e. The van der Waals surface area contributed by atoms with Gasteiger partial charge in [0.15, 0.2) is 6.61 Å². The quantitative estimate of drug-likeness (QED) is 0.585. The van der Waals surface area contributed by atoms with Crippen LogP contribution in [0.4, 0.5) is 0 Å². The summed E-state index contributed by atoms with van der Waals surface area (Å²) in [7, 11) is 0. The van der Waals surface area contributed by atoms with Crippen molar-refractivity contribution in [3.63, 3.8) is 0 Å². The summed E-state index contributed by atoms with van der Waals surface area (Å²) < 4.78 is 10.4. The molecular formula is C15H18N2O4. The second-order valence-electron chi connectivity index (χ2n) is 4.45. The highest BCUT2D eigenvalue weighted by atomic mass is 16.5. The summed E-state index contributed by atoms with van der Waals surface area (Å²) in [5.74, 6) is 0.293. The summed E-state index contributed by atoms with van der Waals surface area (Å²) >= 11 is 0. The van der Waals surface area contributed by atoms with Crippen LogP contribution in [0.25, 0.3) is 11.0 Å². The van der Waals surface area contributed by atoms with Crippen LogP contribution in [0.5, 0.6) is 5.75 Å². The van der Waals surface area contributed by atoms with Crippen LogP contribution >= 0.6 is 0 Å². The second kappa shape index (κ2) is 7.44. The Kier molecular flexibility index (Phi) is 5.34. The zero-order chi connectivity index (χ0) is 15.1. The van der Waals surface area contributed by atoms with E-state index in [1.807, 2.05) is 6.92 Å². The Hall–Kier alpha value is -2.34. The first-order valence-corrected chi connectivity index (χ1v) is 6.83. The SMILES string of the molecule is CCNCCNC(=O)COc1ccc2ccc(=O)oc2c1. The molecular weight excluding hydrogens is 272 g/mol. The van der Waals surface area contributed by atoms with Gasteiger partial charge in [-0.25, -0.2) is 4.79 Å². The highest BCUT2D eigenvalue weighted by molar-refractivity contribution is 5.79. The highest BCUT2D eigenvalue weighted by Crippen LogP contribution is 2.19. The minimum Gasteiger partial charge on any atom is -0.484 e. The van der Waals surface area contributed by atoms with Crippen LogP contribution in [0.1, 0.15) is 6.92 Å². The van der Waals surface area contributed by atoms with E-state index in [0.717, 1.165) is 18.5 Å². The standard InChI is InChI=1S/C15H18N2O4/c1-2-16-7-8-17-14(18)10-20-12-5-3-11-4-6-15(19)21-13(11)9-12/h3-6,9,16H,2,7-8,10H2,1H3,(H,17,18). The van der Waals surface area contributed by atoms with E-state index >= 15 is 0 Å². The number of carbonyl (C=O) groups excluding carboxylic acids is 1. The molecule has 0 aliphatic heterocycles. The fraction of sp³-hybridized carbons (Fsp3) is 0.333. The van der Waals surface area contributed by atoms with Crippen molar-refractivity contribution >= 4 is 16.9 Å². The number of benzene rings is 1. The number of fused-ring (bicyclic) bond motifs is 1. The molecule has 2 aromatic rings. The van der Waals surface area contributed by atoms with E-state index < -0.39 is 5.63 Å². The van der Waals surface area contributed by atoms with Crippen LogP contribution in [0.2, 0.25) is 0 Å². The number of hydrogen-bond acceptors (Lipinski definition) is 5. The molecule has 1 amide bonds. The zero-order valence-corrected chi connectivity index (χ0v) is 11.8. The Morgan fingerprint density at radius 3 is 2.86 bits per heavy atom. The minimum atomic E-state index is -0.416. The molecule has 112 valence electrons. The van der Waals surface area contributed by atoms with E-state index in [1.54, 1.807) is 24.3 Å². The Bertz CT molecular complexity index is 666. The normalized spacial score (nSPS) is 10.5. The van der Waals surface area contributed by atoms with Crippen LogP contribution in [0.15, 0.2) is 39.5 Å². The molecule has 1 aromatic heterocycles. The minimum absolute atomic E-state index is 0.0747. The van der Waals surface area contributed by atoms with Crippen LogP contribution in [-0.2, 0) is 4.79 Å². The van der Waals surface area contributed by atoms with Gasteiger partial charge in [-0.3, -0.25) is 4.79 Å². The molecule has 0 atom stereocenters. The first-order valence-electron chi connectivity index (χ1n) is 6.83. The molecule has 21 heavy (non-hydrogen) atoms. The van der Waals surface area contributed by atoms with Gasteiger partial charge in [0.25, 0.3) is 5.91 Å². The molecule has 0 unspecified atom stereocenters. The van der Waals surface area contributed by atoms with Gasteiger partial charge >= 0.3 is 5.63 Å². The molecule has 6 nitrogen and oxygen atoms in total. The maximum absolute atomic E-state index is 11.6. The summed E-state index contributed by atoms with van der Waals surface area (Å²) in [6.07, 6.45) is 0. The molecule has 0 bridgehead atoms. The largest absolute Gasteiger partial charge is 0.484 e. The van der Waals surface area contributed by atoms with Crippen molar-refractivity contribution in [2.45, 2.75) is 6.92 Å². The average molecular weight is 290 g/mol. The maximum Gasteiger partial charge on any atom is 0.336 e. The Balaban J connectivity index is 1.88. The van der Waals surface area contributed by atoms with Crippen molar-refractivity contribution in [2.75, 3.05) is 26.2 Å². The van der Waals surface area contributed by atoms with E-state index in [2.05, 4.69) is 10.6 Å². The topological polar surface area (TPSA) is 80.6 Å². The zero-order valence-electron chi connectivity index (χ0n) is 11.8. The highest BCUT2D eigenvalue weighted by Gasteiger charge is 2.04. The molecule has 0 saturated heterocycles. The maximum atomic E-state index is 11.6. The third-order valence-corrected chi connectivity index (χ3v) is 2.84. The predicted octanol–water partition coefficient (Wildman–Crippen LogP) is 0.897. The van der Waals surface area contributed by atoms with Gasteiger partial charge in [0.05, 0.1) is 0 Å². The molecule has 6 heteroatoms. The lowest BCUT2D eigenvalue weighted by Gasteiger charge is -2.08. The molecule has 1 aromatic carbocycles.